The van der Waals surface area contributed by atoms with Gasteiger partial charge in [-0.05, 0) is 63.1 Å². The van der Waals surface area contributed by atoms with E-state index < -0.39 is 11.7 Å². The number of rotatable bonds is 7. The second-order valence-corrected chi connectivity index (χ2v) is 9.91. The molecule has 2 atom stereocenters. The topological polar surface area (TPSA) is 109 Å². The first-order valence-corrected chi connectivity index (χ1v) is 12.4. The maximum atomic E-state index is 13.6. The number of nitrogens with one attached hydrogen (secondary N) is 3. The summed E-state index contributed by atoms with van der Waals surface area (Å²) in [6.45, 7) is 3.60. The lowest BCUT2D eigenvalue weighted by molar-refractivity contribution is -0.137. The lowest BCUT2D eigenvalue weighted by atomic mass is 10.0. The van der Waals surface area contributed by atoms with E-state index in [0.29, 0.717) is 47.0 Å². The highest BCUT2D eigenvalue weighted by atomic mass is 19.4. The number of benzene rings is 1. The van der Waals surface area contributed by atoms with Crippen molar-refractivity contribution in [3.8, 4) is 17.0 Å². The third kappa shape index (κ3) is 5.40. The molecule has 8 nitrogen and oxygen atoms in total. The Bertz CT molecular complexity index is 1350. The van der Waals surface area contributed by atoms with E-state index in [4.69, 9.17) is 4.74 Å². The van der Waals surface area contributed by atoms with Gasteiger partial charge in [-0.25, -0.2) is 9.97 Å². The minimum atomic E-state index is -4.54. The molecule has 0 aliphatic heterocycles. The van der Waals surface area contributed by atoms with Crippen LogP contribution >= 0.6 is 0 Å². The molecular weight excluding hydrogens is 487 g/mol. The number of fused-ring (bicyclic) bond motifs is 1. The summed E-state index contributed by atoms with van der Waals surface area (Å²) in [5.74, 6) is 0.262. The molecule has 11 heteroatoms. The molecule has 196 valence electrons. The first-order valence-electron chi connectivity index (χ1n) is 12.4. The number of H-pyrrole nitrogens is 1. The molecule has 0 unspecified atom stereocenters. The van der Waals surface area contributed by atoms with Crippen LogP contribution in [0.1, 0.15) is 60.6 Å². The predicted octanol–water partition coefficient (Wildman–Crippen LogP) is 4.53. The molecule has 1 aromatic carbocycles. The number of carbonyl (C=O) groups excluding carboxylic acids is 2. The number of aromatic amines is 1. The first-order chi connectivity index (χ1) is 17.6. The van der Waals surface area contributed by atoms with E-state index in [-0.39, 0.29) is 35.2 Å². The van der Waals surface area contributed by atoms with Gasteiger partial charge in [0.1, 0.15) is 23.3 Å². The van der Waals surface area contributed by atoms with Crippen LogP contribution < -0.4 is 15.4 Å². The van der Waals surface area contributed by atoms with Crippen molar-refractivity contribution in [2.75, 3.05) is 6.61 Å². The van der Waals surface area contributed by atoms with Crippen molar-refractivity contribution in [2.24, 2.45) is 5.92 Å². The van der Waals surface area contributed by atoms with E-state index in [1.807, 2.05) is 0 Å². The Morgan fingerprint density at radius 3 is 2.51 bits per heavy atom. The Morgan fingerprint density at radius 1 is 1.11 bits per heavy atom. The monoisotopic (exact) mass is 515 g/mol. The van der Waals surface area contributed by atoms with Crippen molar-refractivity contribution >= 4 is 22.8 Å². The molecule has 2 aromatic heterocycles. The number of amides is 2. The Hall–Kier alpha value is -3.63. The lowest BCUT2D eigenvalue weighted by Gasteiger charge is -2.15. The zero-order valence-corrected chi connectivity index (χ0v) is 20.5. The Balaban J connectivity index is 1.48. The van der Waals surface area contributed by atoms with Gasteiger partial charge in [0, 0.05) is 30.3 Å². The molecule has 5 rings (SSSR count). The van der Waals surface area contributed by atoms with E-state index in [1.54, 1.807) is 6.92 Å². The number of ether oxygens (including phenoxy) is 1. The van der Waals surface area contributed by atoms with Gasteiger partial charge in [0.2, 0.25) is 5.91 Å². The lowest BCUT2D eigenvalue weighted by Crippen LogP contribution is -2.36. The summed E-state index contributed by atoms with van der Waals surface area (Å²) >= 11 is 0. The van der Waals surface area contributed by atoms with Gasteiger partial charge in [-0.3, -0.25) is 9.59 Å². The summed E-state index contributed by atoms with van der Waals surface area (Å²) in [7, 11) is 0. The van der Waals surface area contributed by atoms with Crippen molar-refractivity contribution in [2.45, 2.75) is 64.2 Å². The van der Waals surface area contributed by atoms with Gasteiger partial charge in [0.25, 0.3) is 5.91 Å². The van der Waals surface area contributed by atoms with Gasteiger partial charge in [-0.15, -0.1) is 0 Å². The van der Waals surface area contributed by atoms with Crippen molar-refractivity contribution in [1.82, 2.24) is 25.6 Å². The van der Waals surface area contributed by atoms with E-state index in [0.717, 1.165) is 37.8 Å². The molecular formula is C26H28F3N5O3. The largest absolute Gasteiger partial charge is 0.493 e. The fraction of sp³-hybridized carbons (Fsp3) is 0.462. The molecule has 2 heterocycles. The third-order valence-corrected chi connectivity index (χ3v) is 6.91. The summed E-state index contributed by atoms with van der Waals surface area (Å²) in [6, 6.07) is 3.25. The fourth-order valence-corrected chi connectivity index (χ4v) is 4.90. The quantitative estimate of drug-likeness (QED) is 0.429. The van der Waals surface area contributed by atoms with Crippen molar-refractivity contribution in [1.29, 1.82) is 0 Å². The van der Waals surface area contributed by atoms with Gasteiger partial charge >= 0.3 is 6.18 Å². The maximum absolute atomic E-state index is 13.6. The SMILES string of the molecule is CC(=O)N[C@H]1CC[C@H](NC(=O)c2c(C)[nH]c3c(-c4cc(C(F)(F)F)ccc4OCC4CC4)ncnc23)C1. The molecule has 0 spiro atoms. The van der Waals surface area contributed by atoms with Crippen LogP contribution in [0.15, 0.2) is 24.5 Å². The zero-order valence-electron chi connectivity index (χ0n) is 20.5. The van der Waals surface area contributed by atoms with Crippen LogP contribution in [0.2, 0.25) is 0 Å². The average molecular weight is 516 g/mol. The predicted molar refractivity (Wildman–Crippen MR) is 130 cm³/mol. The molecule has 2 aliphatic rings. The standard InChI is InChI=1S/C26H28F3N5O3/c1-13-21(25(36)34-18-7-6-17(10-18)33-14(2)35)23-24(32-13)22(30-12-31-23)19-9-16(26(27,28)29)5-8-20(19)37-11-15-3-4-15/h5,8-9,12,15,17-18,32H,3-4,6-7,10-11H2,1-2H3,(H,33,35)(H,34,36)/t17-,18-/m0/s1. The van der Waals surface area contributed by atoms with E-state index in [9.17, 15) is 22.8 Å². The van der Waals surface area contributed by atoms with E-state index in [1.165, 1.54) is 19.3 Å². The van der Waals surface area contributed by atoms with Crippen molar-refractivity contribution in [3.63, 3.8) is 0 Å². The second kappa shape index (κ2) is 9.68. The highest BCUT2D eigenvalue weighted by Crippen LogP contribution is 2.40. The van der Waals surface area contributed by atoms with Crippen LogP contribution in [0, 0.1) is 12.8 Å². The summed E-state index contributed by atoms with van der Waals surface area (Å²) in [6.07, 6.45) is 0.896. The normalized spacial score (nSPS) is 19.7. The number of halogens is 3. The molecule has 2 amide bonds. The molecule has 2 aliphatic carbocycles. The number of aryl methyl sites for hydroxylation is 1. The molecule has 3 N–H and O–H groups in total. The van der Waals surface area contributed by atoms with Crippen LogP contribution in [0.25, 0.3) is 22.3 Å². The van der Waals surface area contributed by atoms with Gasteiger partial charge in [-0.1, -0.05) is 0 Å². The Labute approximate surface area is 211 Å². The highest BCUT2D eigenvalue weighted by Gasteiger charge is 2.33. The van der Waals surface area contributed by atoms with Crippen LogP contribution in [0.3, 0.4) is 0 Å². The summed E-state index contributed by atoms with van der Waals surface area (Å²) < 4.78 is 46.6. The Morgan fingerprint density at radius 2 is 1.84 bits per heavy atom. The summed E-state index contributed by atoms with van der Waals surface area (Å²) in [4.78, 5) is 36.3. The Kier molecular flexibility index (Phi) is 6.55. The molecule has 0 bridgehead atoms. The number of hydrogen-bond acceptors (Lipinski definition) is 5. The second-order valence-electron chi connectivity index (χ2n) is 9.91. The molecule has 3 aromatic rings. The zero-order chi connectivity index (χ0) is 26.3. The van der Waals surface area contributed by atoms with Crippen molar-refractivity contribution in [3.05, 3.63) is 41.3 Å². The van der Waals surface area contributed by atoms with Gasteiger partial charge in [-0.2, -0.15) is 13.2 Å². The van der Waals surface area contributed by atoms with Gasteiger partial charge < -0.3 is 20.4 Å². The summed E-state index contributed by atoms with van der Waals surface area (Å²) in [5, 5.41) is 5.89. The van der Waals surface area contributed by atoms with E-state index in [2.05, 4.69) is 25.6 Å². The molecule has 0 saturated heterocycles. The van der Waals surface area contributed by atoms with Gasteiger partial charge in [0.05, 0.1) is 23.3 Å². The van der Waals surface area contributed by atoms with E-state index >= 15 is 0 Å². The minimum Gasteiger partial charge on any atom is -0.493 e. The number of aromatic nitrogens is 3. The minimum absolute atomic E-state index is 0.00997. The van der Waals surface area contributed by atoms with Crippen molar-refractivity contribution < 1.29 is 27.5 Å². The van der Waals surface area contributed by atoms with Crippen LogP contribution in [-0.4, -0.2) is 45.5 Å². The third-order valence-electron chi connectivity index (χ3n) is 6.91. The van der Waals surface area contributed by atoms with Gasteiger partial charge in [0.15, 0.2) is 0 Å². The average Bonchev–Trinajstić information content (AvgIpc) is 3.46. The molecule has 0 radical (unpaired) electrons. The number of carbonyl (C=O) groups is 2. The smallest absolute Gasteiger partial charge is 0.416 e. The first kappa shape index (κ1) is 25.0. The molecule has 2 fully saturated rings. The van der Waals surface area contributed by atoms with Crippen LogP contribution in [-0.2, 0) is 11.0 Å². The number of nitrogens with zero attached hydrogens (tertiary/aromatic N) is 2. The number of hydrogen-bond donors (Lipinski definition) is 3. The van der Waals surface area contributed by atoms with Crippen LogP contribution in [0.5, 0.6) is 5.75 Å². The fourth-order valence-electron chi connectivity index (χ4n) is 4.90. The highest BCUT2D eigenvalue weighted by molar-refractivity contribution is 6.09. The summed E-state index contributed by atoms with van der Waals surface area (Å²) in [5.41, 5.74) is 1.13. The number of alkyl halides is 3. The molecule has 37 heavy (non-hydrogen) atoms. The molecule has 2 saturated carbocycles. The van der Waals surface area contributed by atoms with Crippen LogP contribution in [0.4, 0.5) is 13.2 Å². The maximum Gasteiger partial charge on any atom is 0.416 e.